The van der Waals surface area contributed by atoms with Gasteiger partial charge in [0.15, 0.2) is 5.13 Å². The molecule has 0 bridgehead atoms. The molecule has 1 heterocycles. The molecule has 8 heteroatoms. The van der Waals surface area contributed by atoms with Gasteiger partial charge in [-0.2, -0.15) is 11.8 Å². The zero-order valence-corrected chi connectivity index (χ0v) is 19.0. The topological polar surface area (TPSA) is 97.1 Å². The summed E-state index contributed by atoms with van der Waals surface area (Å²) in [7, 11) is 0. The second kappa shape index (κ2) is 11.6. The van der Waals surface area contributed by atoms with Gasteiger partial charge in [-0.15, -0.1) is 11.3 Å². The third kappa shape index (κ3) is 6.65. The van der Waals surface area contributed by atoms with Crippen LogP contribution in [-0.2, 0) is 11.3 Å². The second-order valence-corrected chi connectivity index (χ2v) is 8.80. The van der Waals surface area contributed by atoms with Gasteiger partial charge in [0.25, 0.3) is 5.91 Å². The van der Waals surface area contributed by atoms with Crippen molar-refractivity contribution in [2.24, 2.45) is 5.73 Å². The highest BCUT2D eigenvalue weighted by atomic mass is 32.2. The third-order valence-corrected chi connectivity index (χ3v) is 6.17. The van der Waals surface area contributed by atoms with Gasteiger partial charge in [0.2, 0.25) is 5.91 Å². The van der Waals surface area contributed by atoms with Gasteiger partial charge >= 0.3 is 0 Å². The Balaban J connectivity index is 1.67. The second-order valence-electron chi connectivity index (χ2n) is 6.96. The summed E-state index contributed by atoms with van der Waals surface area (Å²) in [5.41, 5.74) is 8.86. The number of thioether (sulfide) groups is 1. The van der Waals surface area contributed by atoms with E-state index in [0.717, 1.165) is 29.0 Å². The fourth-order valence-corrected chi connectivity index (χ4v) is 4.18. The lowest BCUT2D eigenvalue weighted by Gasteiger charge is -2.18. The molecule has 0 saturated heterocycles. The molecular formula is C23H26N4O2S2. The average Bonchev–Trinajstić information content (AvgIpc) is 3.27. The molecule has 0 fully saturated rings. The molecule has 0 aliphatic carbocycles. The number of thiazole rings is 1. The molecule has 4 N–H and O–H groups in total. The first-order chi connectivity index (χ1) is 15.1. The van der Waals surface area contributed by atoms with E-state index >= 15 is 0 Å². The van der Waals surface area contributed by atoms with Crippen LogP contribution in [0.4, 0.5) is 5.13 Å². The molecule has 1 aromatic heterocycles. The number of rotatable bonds is 10. The Morgan fingerprint density at radius 2 is 1.87 bits per heavy atom. The number of carbonyl (C=O) groups is 2. The van der Waals surface area contributed by atoms with E-state index in [4.69, 9.17) is 5.73 Å². The van der Waals surface area contributed by atoms with Crippen LogP contribution in [0.2, 0.25) is 0 Å². The standard InChI is InChI=1S/C23H26N4O2S2/c1-30-13-5-8-19(25-21(28)18-11-9-16(14-24)10-12-18)22(29)27-23-26-20(15-31-23)17-6-3-2-4-7-17/h2-4,6-7,9-12,15,19H,5,8,13-14,24H2,1H3,(H,25,28)(H,26,27,29)/t19-/m0/s1. The van der Waals surface area contributed by atoms with Gasteiger partial charge in [-0.1, -0.05) is 42.5 Å². The highest BCUT2D eigenvalue weighted by molar-refractivity contribution is 7.98. The summed E-state index contributed by atoms with van der Waals surface area (Å²) in [5.74, 6) is 0.374. The fourth-order valence-electron chi connectivity index (χ4n) is 3.00. The van der Waals surface area contributed by atoms with Crippen LogP contribution in [0.1, 0.15) is 28.8 Å². The van der Waals surface area contributed by atoms with Gasteiger partial charge in [0, 0.05) is 23.1 Å². The minimum atomic E-state index is -0.641. The van der Waals surface area contributed by atoms with Crippen molar-refractivity contribution >= 4 is 40.0 Å². The molecule has 0 aliphatic heterocycles. The van der Waals surface area contributed by atoms with Gasteiger partial charge in [-0.3, -0.25) is 9.59 Å². The van der Waals surface area contributed by atoms with Crippen molar-refractivity contribution in [3.05, 3.63) is 71.1 Å². The number of amides is 2. The summed E-state index contributed by atoms with van der Waals surface area (Å²) in [6.45, 7) is 0.417. The number of nitrogens with one attached hydrogen (secondary N) is 2. The van der Waals surface area contributed by atoms with E-state index < -0.39 is 6.04 Å². The lowest BCUT2D eigenvalue weighted by molar-refractivity contribution is -0.118. The number of hydrogen-bond donors (Lipinski definition) is 3. The number of hydrogen-bond acceptors (Lipinski definition) is 6. The molecule has 31 heavy (non-hydrogen) atoms. The van der Waals surface area contributed by atoms with E-state index in [1.807, 2.05) is 54.1 Å². The van der Waals surface area contributed by atoms with Crippen molar-refractivity contribution < 1.29 is 9.59 Å². The molecule has 0 spiro atoms. The normalized spacial score (nSPS) is 11.7. The first kappa shape index (κ1) is 23.0. The highest BCUT2D eigenvalue weighted by Gasteiger charge is 2.22. The van der Waals surface area contributed by atoms with Gasteiger partial charge in [-0.05, 0) is 42.5 Å². The van der Waals surface area contributed by atoms with Crippen LogP contribution in [0.5, 0.6) is 0 Å². The Morgan fingerprint density at radius 1 is 1.13 bits per heavy atom. The Labute approximate surface area is 190 Å². The van der Waals surface area contributed by atoms with Crippen molar-refractivity contribution in [1.29, 1.82) is 0 Å². The minimum Gasteiger partial charge on any atom is -0.340 e. The van der Waals surface area contributed by atoms with E-state index in [-0.39, 0.29) is 11.8 Å². The fraction of sp³-hybridized carbons (Fsp3) is 0.261. The molecule has 1 atom stereocenters. The highest BCUT2D eigenvalue weighted by Crippen LogP contribution is 2.24. The summed E-state index contributed by atoms with van der Waals surface area (Å²) in [4.78, 5) is 30.1. The summed E-state index contributed by atoms with van der Waals surface area (Å²) in [6, 6.07) is 16.2. The number of anilines is 1. The molecule has 3 rings (SSSR count). The first-order valence-corrected chi connectivity index (χ1v) is 12.3. The first-order valence-electron chi connectivity index (χ1n) is 10.0. The zero-order chi connectivity index (χ0) is 22.1. The third-order valence-electron chi connectivity index (χ3n) is 4.72. The number of nitrogens with two attached hydrogens (primary N) is 1. The Bertz CT molecular complexity index is 990. The summed E-state index contributed by atoms with van der Waals surface area (Å²) < 4.78 is 0. The predicted molar refractivity (Wildman–Crippen MR) is 129 cm³/mol. The van der Waals surface area contributed by atoms with E-state index in [1.54, 1.807) is 23.9 Å². The van der Waals surface area contributed by atoms with Crippen LogP contribution in [0.15, 0.2) is 60.0 Å². The molecule has 0 saturated carbocycles. The summed E-state index contributed by atoms with van der Waals surface area (Å²) in [5, 5.41) is 8.16. The Morgan fingerprint density at radius 3 is 2.55 bits per heavy atom. The van der Waals surface area contributed by atoms with Gasteiger partial charge in [0.05, 0.1) is 5.69 Å². The number of benzene rings is 2. The Hall–Kier alpha value is -2.68. The van der Waals surface area contributed by atoms with Gasteiger partial charge < -0.3 is 16.4 Å². The Kier molecular flexibility index (Phi) is 8.63. The number of nitrogens with zero attached hydrogens (tertiary/aromatic N) is 1. The monoisotopic (exact) mass is 454 g/mol. The molecule has 0 aliphatic rings. The van der Waals surface area contributed by atoms with E-state index in [2.05, 4.69) is 15.6 Å². The van der Waals surface area contributed by atoms with Crippen LogP contribution in [-0.4, -0.2) is 34.8 Å². The molecule has 2 amide bonds. The molecule has 2 aromatic carbocycles. The maximum absolute atomic E-state index is 12.9. The number of aromatic nitrogens is 1. The van der Waals surface area contributed by atoms with Crippen LogP contribution in [0.25, 0.3) is 11.3 Å². The largest absolute Gasteiger partial charge is 0.340 e. The van der Waals surface area contributed by atoms with Crippen LogP contribution in [0.3, 0.4) is 0 Å². The van der Waals surface area contributed by atoms with Gasteiger partial charge in [-0.25, -0.2) is 4.98 Å². The van der Waals surface area contributed by atoms with E-state index in [0.29, 0.717) is 23.7 Å². The maximum atomic E-state index is 12.9. The molecule has 0 radical (unpaired) electrons. The summed E-state index contributed by atoms with van der Waals surface area (Å²) >= 11 is 3.08. The average molecular weight is 455 g/mol. The maximum Gasteiger partial charge on any atom is 0.251 e. The summed E-state index contributed by atoms with van der Waals surface area (Å²) in [6.07, 6.45) is 3.39. The molecule has 162 valence electrons. The predicted octanol–water partition coefficient (Wildman–Crippen LogP) is 4.15. The quantitative estimate of drug-likeness (QED) is 0.400. The van der Waals surface area contributed by atoms with Crippen molar-refractivity contribution in [2.75, 3.05) is 17.3 Å². The van der Waals surface area contributed by atoms with Crippen LogP contribution in [0, 0.1) is 0 Å². The van der Waals surface area contributed by atoms with Crippen molar-refractivity contribution in [1.82, 2.24) is 10.3 Å². The molecule has 0 unspecified atom stereocenters. The van der Waals surface area contributed by atoms with E-state index in [9.17, 15) is 9.59 Å². The smallest absolute Gasteiger partial charge is 0.251 e. The van der Waals surface area contributed by atoms with E-state index in [1.165, 1.54) is 11.3 Å². The van der Waals surface area contributed by atoms with Crippen LogP contribution >= 0.6 is 23.1 Å². The van der Waals surface area contributed by atoms with Crippen molar-refractivity contribution in [3.63, 3.8) is 0 Å². The van der Waals surface area contributed by atoms with Gasteiger partial charge in [0.1, 0.15) is 6.04 Å². The van der Waals surface area contributed by atoms with Crippen molar-refractivity contribution in [2.45, 2.75) is 25.4 Å². The lowest BCUT2D eigenvalue weighted by atomic mass is 10.1. The van der Waals surface area contributed by atoms with Crippen molar-refractivity contribution in [3.8, 4) is 11.3 Å². The van der Waals surface area contributed by atoms with Crippen LogP contribution < -0.4 is 16.4 Å². The molecule has 3 aromatic rings. The lowest BCUT2D eigenvalue weighted by Crippen LogP contribution is -2.43. The minimum absolute atomic E-state index is 0.262. The SMILES string of the molecule is CSCCC[C@H](NC(=O)c1ccc(CN)cc1)C(=O)Nc1nc(-c2ccccc2)cs1. The molecule has 6 nitrogen and oxygen atoms in total. The zero-order valence-electron chi connectivity index (χ0n) is 17.3. The number of carbonyl (C=O) groups excluding carboxylic acids is 2. The molecular weight excluding hydrogens is 428 g/mol.